The molecule has 0 atom stereocenters. The maximum Gasteiger partial charge on any atom is 0.119 e. The van der Waals surface area contributed by atoms with Crippen LogP contribution in [-0.4, -0.2) is 5.11 Å². The van der Waals surface area contributed by atoms with Crippen molar-refractivity contribution in [2.45, 2.75) is 6.42 Å². The van der Waals surface area contributed by atoms with Crippen LogP contribution < -0.4 is 0 Å². The first-order valence-electron chi connectivity index (χ1n) is 6.74. The zero-order chi connectivity index (χ0) is 13.8. The number of aromatic hydroxyl groups is 1. The van der Waals surface area contributed by atoms with Crippen molar-refractivity contribution in [3.8, 4) is 16.9 Å². The van der Waals surface area contributed by atoms with E-state index in [9.17, 15) is 5.11 Å². The van der Waals surface area contributed by atoms with E-state index >= 15 is 0 Å². The number of phenolic OH excluding ortho intramolecular Hbond substituents is 1. The summed E-state index contributed by atoms with van der Waals surface area (Å²) in [6.45, 7) is 0. The molecule has 0 aliphatic heterocycles. The van der Waals surface area contributed by atoms with Crippen molar-refractivity contribution in [3.63, 3.8) is 0 Å². The number of phenols is 1. The normalized spacial score (nSPS) is 10.4. The maximum absolute atomic E-state index is 10.2. The van der Waals surface area contributed by atoms with E-state index < -0.39 is 0 Å². The lowest BCUT2D eigenvalue weighted by atomic mass is 9.99. The molecule has 0 aliphatic carbocycles. The van der Waals surface area contributed by atoms with Gasteiger partial charge >= 0.3 is 0 Å². The third kappa shape index (κ3) is 2.72. The Hall–Kier alpha value is -2.54. The lowest BCUT2D eigenvalue weighted by Crippen LogP contribution is -1.89. The Morgan fingerprint density at radius 3 is 1.95 bits per heavy atom. The van der Waals surface area contributed by atoms with Crippen molar-refractivity contribution in [1.29, 1.82) is 0 Å². The molecule has 0 heterocycles. The zero-order valence-electron chi connectivity index (χ0n) is 11.2. The van der Waals surface area contributed by atoms with Crippen molar-refractivity contribution in [2.24, 2.45) is 0 Å². The fourth-order valence-corrected chi connectivity index (χ4v) is 2.34. The van der Waals surface area contributed by atoms with Gasteiger partial charge in [-0.05, 0) is 28.3 Å². The number of benzene rings is 3. The van der Waals surface area contributed by atoms with Crippen molar-refractivity contribution in [2.75, 3.05) is 0 Å². The lowest BCUT2D eigenvalue weighted by Gasteiger charge is -2.08. The van der Waals surface area contributed by atoms with Crippen LogP contribution in [0.1, 0.15) is 11.1 Å². The summed E-state index contributed by atoms with van der Waals surface area (Å²) in [4.78, 5) is 0. The highest BCUT2D eigenvalue weighted by Crippen LogP contribution is 2.27. The molecule has 1 N–H and O–H groups in total. The molecule has 1 nitrogen and oxygen atoms in total. The summed E-state index contributed by atoms with van der Waals surface area (Å²) in [5.74, 6) is 0.357. The molecule has 0 unspecified atom stereocenters. The largest absolute Gasteiger partial charge is 0.508 e. The van der Waals surface area contributed by atoms with Gasteiger partial charge in [0.25, 0.3) is 0 Å². The van der Waals surface area contributed by atoms with E-state index in [0.29, 0.717) is 5.75 Å². The van der Waals surface area contributed by atoms with Gasteiger partial charge < -0.3 is 5.11 Å². The van der Waals surface area contributed by atoms with Crippen LogP contribution in [0.3, 0.4) is 0 Å². The molecule has 3 rings (SSSR count). The van der Waals surface area contributed by atoms with Gasteiger partial charge in [0.05, 0.1) is 0 Å². The van der Waals surface area contributed by atoms with Crippen LogP contribution in [0, 0.1) is 0 Å². The standard InChI is InChI=1S/C19H16O/c20-19-14-17(16-9-5-2-6-10-16)11-12-18(19)13-15-7-3-1-4-8-15/h1-12,14,20H,13H2. The predicted octanol–water partition coefficient (Wildman–Crippen LogP) is 4.65. The van der Waals surface area contributed by atoms with Crippen molar-refractivity contribution in [1.82, 2.24) is 0 Å². The molecule has 0 aromatic heterocycles. The molecule has 0 saturated carbocycles. The summed E-state index contributed by atoms with van der Waals surface area (Å²) in [6, 6.07) is 26.2. The van der Waals surface area contributed by atoms with Gasteiger partial charge in [0.2, 0.25) is 0 Å². The summed E-state index contributed by atoms with van der Waals surface area (Å²) in [5.41, 5.74) is 4.32. The molecular formula is C19H16O. The Morgan fingerprint density at radius 1 is 0.650 bits per heavy atom. The highest BCUT2D eigenvalue weighted by molar-refractivity contribution is 5.66. The average Bonchev–Trinajstić information content (AvgIpc) is 2.51. The first-order valence-corrected chi connectivity index (χ1v) is 6.74. The zero-order valence-corrected chi connectivity index (χ0v) is 11.2. The number of rotatable bonds is 3. The molecular weight excluding hydrogens is 244 g/mol. The van der Waals surface area contributed by atoms with Crippen LogP contribution in [0.4, 0.5) is 0 Å². The summed E-state index contributed by atoms with van der Waals surface area (Å²) < 4.78 is 0. The van der Waals surface area contributed by atoms with Crippen LogP contribution >= 0.6 is 0 Å². The molecule has 0 spiro atoms. The molecule has 0 bridgehead atoms. The van der Waals surface area contributed by atoms with E-state index in [4.69, 9.17) is 0 Å². The van der Waals surface area contributed by atoms with Gasteiger partial charge in [0.1, 0.15) is 5.75 Å². The minimum atomic E-state index is 0.357. The Labute approximate surface area is 119 Å². The van der Waals surface area contributed by atoms with Crippen LogP contribution in [0.15, 0.2) is 78.9 Å². The second-order valence-electron chi connectivity index (χ2n) is 4.87. The molecule has 20 heavy (non-hydrogen) atoms. The molecule has 1 heteroatoms. The van der Waals surface area contributed by atoms with Gasteiger partial charge in [-0.1, -0.05) is 72.8 Å². The minimum absolute atomic E-state index is 0.357. The van der Waals surface area contributed by atoms with Gasteiger partial charge in [-0.25, -0.2) is 0 Å². The molecule has 0 radical (unpaired) electrons. The third-order valence-corrected chi connectivity index (χ3v) is 3.43. The summed E-state index contributed by atoms with van der Waals surface area (Å²) in [7, 11) is 0. The molecule has 0 aliphatic rings. The van der Waals surface area contributed by atoms with Gasteiger partial charge in [-0.15, -0.1) is 0 Å². The van der Waals surface area contributed by atoms with E-state index in [1.54, 1.807) is 0 Å². The first kappa shape index (κ1) is 12.5. The summed E-state index contributed by atoms with van der Waals surface area (Å²) in [5, 5.41) is 10.2. The highest BCUT2D eigenvalue weighted by atomic mass is 16.3. The van der Waals surface area contributed by atoms with Gasteiger partial charge in [0, 0.05) is 6.42 Å². The molecule has 0 fully saturated rings. The highest BCUT2D eigenvalue weighted by Gasteiger charge is 2.05. The summed E-state index contributed by atoms with van der Waals surface area (Å²) in [6.07, 6.45) is 0.752. The van der Waals surface area contributed by atoms with E-state index in [1.807, 2.05) is 60.7 Å². The lowest BCUT2D eigenvalue weighted by molar-refractivity contribution is 0.469. The molecule has 3 aromatic carbocycles. The Kier molecular flexibility index (Phi) is 3.51. The maximum atomic E-state index is 10.2. The average molecular weight is 260 g/mol. The second-order valence-corrected chi connectivity index (χ2v) is 4.87. The first-order chi connectivity index (χ1) is 9.83. The van der Waals surface area contributed by atoms with E-state index in [0.717, 1.165) is 23.1 Å². The monoisotopic (exact) mass is 260 g/mol. The van der Waals surface area contributed by atoms with Crippen molar-refractivity contribution in [3.05, 3.63) is 90.0 Å². The molecule has 3 aromatic rings. The molecule has 0 saturated heterocycles. The minimum Gasteiger partial charge on any atom is -0.508 e. The Balaban J connectivity index is 1.89. The van der Waals surface area contributed by atoms with Crippen molar-refractivity contribution >= 4 is 0 Å². The van der Waals surface area contributed by atoms with E-state index in [-0.39, 0.29) is 0 Å². The second kappa shape index (κ2) is 5.62. The van der Waals surface area contributed by atoms with Crippen LogP contribution in [0.2, 0.25) is 0 Å². The van der Waals surface area contributed by atoms with Gasteiger partial charge in [0.15, 0.2) is 0 Å². The SMILES string of the molecule is Oc1cc(-c2ccccc2)ccc1Cc1ccccc1. The van der Waals surface area contributed by atoms with Gasteiger partial charge in [-0.3, -0.25) is 0 Å². The fourth-order valence-electron chi connectivity index (χ4n) is 2.34. The summed E-state index contributed by atoms with van der Waals surface area (Å²) >= 11 is 0. The van der Waals surface area contributed by atoms with E-state index in [1.165, 1.54) is 5.56 Å². The number of hydrogen-bond acceptors (Lipinski definition) is 1. The smallest absolute Gasteiger partial charge is 0.119 e. The van der Waals surface area contributed by atoms with Crippen molar-refractivity contribution < 1.29 is 5.11 Å². The Bertz CT molecular complexity index is 687. The molecule has 0 amide bonds. The van der Waals surface area contributed by atoms with E-state index in [2.05, 4.69) is 18.2 Å². The van der Waals surface area contributed by atoms with Crippen LogP contribution in [-0.2, 0) is 6.42 Å². The van der Waals surface area contributed by atoms with Crippen LogP contribution in [0.25, 0.3) is 11.1 Å². The molecule has 98 valence electrons. The van der Waals surface area contributed by atoms with Gasteiger partial charge in [-0.2, -0.15) is 0 Å². The topological polar surface area (TPSA) is 20.2 Å². The van der Waals surface area contributed by atoms with Crippen LogP contribution in [0.5, 0.6) is 5.75 Å². The quantitative estimate of drug-likeness (QED) is 0.726. The fraction of sp³-hybridized carbons (Fsp3) is 0.0526. The predicted molar refractivity (Wildman–Crippen MR) is 82.8 cm³/mol. The number of hydrogen-bond donors (Lipinski definition) is 1. The Morgan fingerprint density at radius 2 is 1.30 bits per heavy atom. The third-order valence-electron chi connectivity index (χ3n) is 3.43.